The van der Waals surface area contributed by atoms with Gasteiger partial charge in [-0.25, -0.2) is 0 Å². The first-order valence-corrected chi connectivity index (χ1v) is 10.9. The minimum Gasteiger partial charge on any atom is -0.370 e. The molecule has 2 amide bonds. The van der Waals surface area contributed by atoms with E-state index in [4.69, 9.17) is 0 Å². The van der Waals surface area contributed by atoms with E-state index in [1.54, 1.807) is 16.7 Å². The van der Waals surface area contributed by atoms with Crippen LogP contribution in [0.25, 0.3) is 0 Å². The van der Waals surface area contributed by atoms with E-state index in [0.717, 1.165) is 44.5 Å². The van der Waals surface area contributed by atoms with Crippen LogP contribution < -0.4 is 10.2 Å². The van der Waals surface area contributed by atoms with Gasteiger partial charge >= 0.3 is 6.18 Å². The van der Waals surface area contributed by atoms with E-state index in [2.05, 4.69) is 5.32 Å². The maximum atomic E-state index is 13.3. The standard InChI is InChI=1S/C20H24F3N3O2S/c1-19-8-7-17(27)26(19)16(12-29-19)18(28)24-14-11-13(20(21,22)23)5-6-15(14)25-9-3-2-4-10-25/h5-6,11,16H,2-4,7-10,12H2,1H3,(H,24,28)/t16-,19+/m1/s1. The third-order valence-electron chi connectivity index (χ3n) is 6.03. The molecule has 3 fully saturated rings. The molecule has 0 saturated carbocycles. The summed E-state index contributed by atoms with van der Waals surface area (Å²) < 4.78 is 39.8. The summed E-state index contributed by atoms with van der Waals surface area (Å²) in [6.07, 6.45) is -0.387. The maximum absolute atomic E-state index is 13.3. The van der Waals surface area contributed by atoms with Crippen molar-refractivity contribution in [3.05, 3.63) is 23.8 Å². The molecule has 2 atom stereocenters. The summed E-state index contributed by atoms with van der Waals surface area (Å²) >= 11 is 1.56. The number of benzene rings is 1. The first-order chi connectivity index (χ1) is 13.7. The molecule has 158 valence electrons. The third-order valence-corrected chi connectivity index (χ3v) is 7.53. The SMILES string of the molecule is C[C@]12CCC(=O)N1[C@@H](C(=O)Nc1cc(C(F)(F)F)ccc1N1CCCCC1)CS2. The van der Waals surface area contributed by atoms with E-state index in [1.807, 2.05) is 11.8 Å². The first-order valence-electron chi connectivity index (χ1n) is 9.92. The number of amides is 2. The molecule has 3 aliphatic rings. The molecule has 3 aliphatic heterocycles. The van der Waals surface area contributed by atoms with E-state index in [-0.39, 0.29) is 11.6 Å². The molecule has 0 bridgehead atoms. The highest BCUT2D eigenvalue weighted by molar-refractivity contribution is 8.01. The van der Waals surface area contributed by atoms with E-state index >= 15 is 0 Å². The summed E-state index contributed by atoms with van der Waals surface area (Å²) in [6.45, 7) is 3.44. The van der Waals surface area contributed by atoms with Crippen molar-refractivity contribution >= 4 is 35.0 Å². The number of carbonyl (C=O) groups is 2. The van der Waals surface area contributed by atoms with Crippen LogP contribution in [0.15, 0.2) is 18.2 Å². The molecule has 3 saturated heterocycles. The minimum absolute atomic E-state index is 0.0713. The Balaban J connectivity index is 1.62. The van der Waals surface area contributed by atoms with Gasteiger partial charge in [0.05, 0.1) is 21.8 Å². The Bertz CT molecular complexity index is 826. The lowest BCUT2D eigenvalue weighted by atomic mass is 10.1. The van der Waals surface area contributed by atoms with Crippen molar-refractivity contribution in [1.82, 2.24) is 4.90 Å². The minimum atomic E-state index is -4.49. The van der Waals surface area contributed by atoms with Crippen molar-refractivity contribution in [1.29, 1.82) is 0 Å². The molecule has 3 heterocycles. The Hall–Kier alpha value is -1.90. The van der Waals surface area contributed by atoms with E-state index in [1.165, 1.54) is 6.07 Å². The Morgan fingerprint density at radius 1 is 1.24 bits per heavy atom. The molecule has 1 aromatic rings. The molecule has 9 heteroatoms. The van der Waals surface area contributed by atoms with Gasteiger partial charge in [-0.3, -0.25) is 9.59 Å². The Morgan fingerprint density at radius 2 is 1.97 bits per heavy atom. The van der Waals surface area contributed by atoms with Gasteiger partial charge in [-0.1, -0.05) is 0 Å². The van der Waals surface area contributed by atoms with Crippen LogP contribution in [0.2, 0.25) is 0 Å². The Morgan fingerprint density at radius 3 is 2.66 bits per heavy atom. The zero-order valence-electron chi connectivity index (χ0n) is 16.2. The number of thioether (sulfide) groups is 1. The van der Waals surface area contributed by atoms with Gasteiger partial charge in [-0.15, -0.1) is 11.8 Å². The fourth-order valence-corrected chi connectivity index (χ4v) is 5.89. The average molecular weight is 427 g/mol. The lowest BCUT2D eigenvalue weighted by Crippen LogP contribution is -2.48. The van der Waals surface area contributed by atoms with Crippen LogP contribution in [-0.4, -0.2) is 46.5 Å². The lowest BCUT2D eigenvalue weighted by molar-refractivity contribution is -0.137. The number of anilines is 2. The molecule has 0 radical (unpaired) electrons. The first kappa shape index (κ1) is 20.4. The van der Waals surface area contributed by atoms with Crippen LogP contribution >= 0.6 is 11.8 Å². The van der Waals surface area contributed by atoms with Crippen molar-refractivity contribution in [2.75, 3.05) is 29.1 Å². The van der Waals surface area contributed by atoms with Crippen molar-refractivity contribution < 1.29 is 22.8 Å². The molecule has 0 spiro atoms. The van der Waals surface area contributed by atoms with Gasteiger partial charge in [0.2, 0.25) is 11.8 Å². The third kappa shape index (κ3) is 3.81. The number of hydrogen-bond acceptors (Lipinski definition) is 4. The molecular formula is C20H24F3N3O2S. The van der Waals surface area contributed by atoms with Gasteiger partial charge in [-0.2, -0.15) is 13.2 Å². The predicted molar refractivity (Wildman–Crippen MR) is 107 cm³/mol. The highest BCUT2D eigenvalue weighted by Gasteiger charge is 2.53. The molecule has 1 N–H and O–H groups in total. The highest BCUT2D eigenvalue weighted by atomic mass is 32.2. The van der Waals surface area contributed by atoms with Crippen LogP contribution in [0.3, 0.4) is 0 Å². The number of alkyl halides is 3. The number of nitrogens with one attached hydrogen (secondary N) is 1. The van der Waals surface area contributed by atoms with Crippen molar-refractivity contribution in [3.63, 3.8) is 0 Å². The second kappa shape index (κ2) is 7.41. The number of piperidine rings is 1. The van der Waals surface area contributed by atoms with Gasteiger partial charge < -0.3 is 15.1 Å². The van der Waals surface area contributed by atoms with Crippen molar-refractivity contribution in [2.24, 2.45) is 0 Å². The number of fused-ring (bicyclic) bond motifs is 1. The fourth-order valence-electron chi connectivity index (χ4n) is 4.45. The predicted octanol–water partition coefficient (Wildman–Crippen LogP) is 4.09. The summed E-state index contributed by atoms with van der Waals surface area (Å²) in [4.78, 5) is 28.6. The van der Waals surface area contributed by atoms with Gasteiger partial charge in [0, 0.05) is 25.3 Å². The summed E-state index contributed by atoms with van der Waals surface area (Å²) in [5.74, 6) is -0.0430. The second-order valence-corrected chi connectivity index (χ2v) is 9.53. The second-order valence-electron chi connectivity index (χ2n) is 8.03. The molecule has 1 aromatic carbocycles. The largest absolute Gasteiger partial charge is 0.416 e. The molecule has 0 aliphatic carbocycles. The number of halogens is 3. The van der Waals surface area contributed by atoms with Crippen molar-refractivity contribution in [3.8, 4) is 0 Å². The van der Waals surface area contributed by atoms with Gasteiger partial charge in [0.1, 0.15) is 6.04 Å². The van der Waals surface area contributed by atoms with E-state index in [0.29, 0.717) is 24.3 Å². The van der Waals surface area contributed by atoms with Crippen LogP contribution in [-0.2, 0) is 15.8 Å². The quantitative estimate of drug-likeness (QED) is 0.790. The Kier molecular flexibility index (Phi) is 5.21. The molecule has 4 rings (SSSR count). The molecule has 0 unspecified atom stereocenters. The van der Waals surface area contributed by atoms with Crippen LogP contribution in [0, 0.1) is 0 Å². The maximum Gasteiger partial charge on any atom is 0.416 e. The summed E-state index contributed by atoms with van der Waals surface area (Å²) in [7, 11) is 0. The summed E-state index contributed by atoms with van der Waals surface area (Å²) in [5.41, 5.74) is -0.0272. The molecule has 5 nitrogen and oxygen atoms in total. The summed E-state index contributed by atoms with van der Waals surface area (Å²) in [5, 5.41) is 2.72. The average Bonchev–Trinajstić information content (AvgIpc) is 3.17. The highest BCUT2D eigenvalue weighted by Crippen LogP contribution is 2.47. The van der Waals surface area contributed by atoms with Gasteiger partial charge in [0.25, 0.3) is 0 Å². The smallest absolute Gasteiger partial charge is 0.370 e. The van der Waals surface area contributed by atoms with E-state index in [9.17, 15) is 22.8 Å². The number of nitrogens with zero attached hydrogens (tertiary/aromatic N) is 2. The van der Waals surface area contributed by atoms with Gasteiger partial charge in [-0.05, 0) is 50.8 Å². The fraction of sp³-hybridized carbons (Fsp3) is 0.600. The monoisotopic (exact) mass is 427 g/mol. The normalized spacial score (nSPS) is 27.3. The number of rotatable bonds is 3. The zero-order valence-corrected chi connectivity index (χ0v) is 17.0. The molecule has 29 heavy (non-hydrogen) atoms. The number of hydrogen-bond donors (Lipinski definition) is 1. The lowest BCUT2D eigenvalue weighted by Gasteiger charge is -2.32. The van der Waals surface area contributed by atoms with Crippen LogP contribution in [0.4, 0.5) is 24.5 Å². The van der Waals surface area contributed by atoms with E-state index < -0.39 is 28.6 Å². The topological polar surface area (TPSA) is 52.7 Å². The van der Waals surface area contributed by atoms with Gasteiger partial charge in [0.15, 0.2) is 0 Å². The molecular weight excluding hydrogens is 403 g/mol. The van der Waals surface area contributed by atoms with Crippen LogP contribution in [0.1, 0.15) is 44.6 Å². The Labute approximate surface area is 172 Å². The van der Waals surface area contributed by atoms with Crippen LogP contribution in [0.5, 0.6) is 0 Å². The summed E-state index contributed by atoms with van der Waals surface area (Å²) in [6, 6.07) is 2.85. The molecule has 0 aromatic heterocycles. The van der Waals surface area contributed by atoms with Crippen molar-refractivity contribution in [2.45, 2.75) is 56.1 Å². The number of carbonyl (C=O) groups excluding carboxylic acids is 2. The zero-order chi connectivity index (χ0) is 20.8.